The molecule has 1 aliphatic heterocycles. The van der Waals surface area contributed by atoms with Crippen LogP contribution in [0, 0.1) is 6.92 Å². The molecule has 5 rings (SSSR count). The number of anilines is 2. The van der Waals surface area contributed by atoms with Crippen molar-refractivity contribution in [1.29, 1.82) is 0 Å². The van der Waals surface area contributed by atoms with E-state index in [4.69, 9.17) is 14.5 Å². The zero-order valence-electron chi connectivity index (χ0n) is 18.9. The molecule has 0 saturated carbocycles. The maximum Gasteiger partial charge on any atom is 0.230 e. The molecule has 0 saturated heterocycles. The van der Waals surface area contributed by atoms with Gasteiger partial charge in [0.2, 0.25) is 11.8 Å². The molecule has 4 aromatic rings. The summed E-state index contributed by atoms with van der Waals surface area (Å²) in [5.74, 6) is 1.79. The normalized spacial score (nSPS) is 15.9. The first-order chi connectivity index (χ1) is 16.1. The number of imidazole rings is 1. The average molecular weight is 443 g/mol. The average Bonchev–Trinajstić information content (AvgIpc) is 3.18. The number of benzene rings is 2. The molecule has 8 nitrogen and oxygen atoms in total. The van der Waals surface area contributed by atoms with Gasteiger partial charge in [-0.3, -0.25) is 4.90 Å². The maximum absolute atomic E-state index is 6.35. The van der Waals surface area contributed by atoms with Crippen LogP contribution < -0.4 is 14.8 Å². The summed E-state index contributed by atoms with van der Waals surface area (Å²) in [6.07, 6.45) is 5.46. The summed E-state index contributed by atoms with van der Waals surface area (Å²) in [5.41, 5.74) is 4.75. The highest BCUT2D eigenvalue weighted by Crippen LogP contribution is 2.31. The molecule has 0 unspecified atom stereocenters. The molecular weight excluding hydrogens is 416 g/mol. The van der Waals surface area contributed by atoms with Crippen LogP contribution in [0.1, 0.15) is 22.9 Å². The van der Waals surface area contributed by atoms with E-state index in [1.807, 2.05) is 60.3 Å². The monoisotopic (exact) mass is 442 g/mol. The Morgan fingerprint density at radius 1 is 1.12 bits per heavy atom. The van der Waals surface area contributed by atoms with E-state index >= 15 is 0 Å². The SMILES string of the molecule is COc1cc(Nc2ncc3c(n2)O[C@H](c2ccccc2)CN(C)C3)ccc1-n1cnc(C)c1. The summed E-state index contributed by atoms with van der Waals surface area (Å²) in [7, 11) is 3.73. The van der Waals surface area contributed by atoms with Crippen LogP contribution in [0.2, 0.25) is 0 Å². The molecule has 33 heavy (non-hydrogen) atoms. The smallest absolute Gasteiger partial charge is 0.230 e. The van der Waals surface area contributed by atoms with Crippen LogP contribution in [-0.4, -0.2) is 45.1 Å². The molecule has 0 fully saturated rings. The molecule has 3 heterocycles. The molecule has 1 N–H and O–H groups in total. The Hall–Kier alpha value is -3.91. The van der Waals surface area contributed by atoms with Crippen molar-refractivity contribution in [3.8, 4) is 17.3 Å². The lowest BCUT2D eigenvalue weighted by molar-refractivity contribution is 0.160. The number of rotatable bonds is 5. The quantitative estimate of drug-likeness (QED) is 0.494. The lowest BCUT2D eigenvalue weighted by atomic mass is 10.1. The predicted molar refractivity (Wildman–Crippen MR) is 126 cm³/mol. The maximum atomic E-state index is 6.35. The molecule has 1 aliphatic rings. The minimum absolute atomic E-state index is 0.0989. The Morgan fingerprint density at radius 3 is 2.73 bits per heavy atom. The van der Waals surface area contributed by atoms with E-state index in [1.54, 1.807) is 13.4 Å². The third-order valence-corrected chi connectivity index (χ3v) is 5.59. The molecule has 0 bridgehead atoms. The van der Waals surface area contributed by atoms with E-state index in [0.29, 0.717) is 17.6 Å². The van der Waals surface area contributed by atoms with E-state index in [9.17, 15) is 0 Å². The number of ether oxygens (including phenoxy) is 2. The molecule has 168 valence electrons. The molecule has 8 heteroatoms. The fourth-order valence-corrected chi connectivity index (χ4v) is 3.96. The molecular formula is C25H26N6O2. The molecule has 0 aliphatic carbocycles. The van der Waals surface area contributed by atoms with Gasteiger partial charge in [0, 0.05) is 42.8 Å². The first-order valence-electron chi connectivity index (χ1n) is 10.8. The fraction of sp³-hybridized carbons (Fsp3) is 0.240. The van der Waals surface area contributed by atoms with E-state index in [2.05, 4.69) is 39.4 Å². The Balaban J connectivity index is 1.41. The largest absolute Gasteiger partial charge is 0.494 e. The second-order valence-corrected chi connectivity index (χ2v) is 8.17. The summed E-state index contributed by atoms with van der Waals surface area (Å²) >= 11 is 0. The van der Waals surface area contributed by atoms with Crippen LogP contribution >= 0.6 is 0 Å². The topological polar surface area (TPSA) is 77.3 Å². The number of fused-ring (bicyclic) bond motifs is 1. The minimum atomic E-state index is -0.0989. The van der Waals surface area contributed by atoms with Crippen molar-refractivity contribution in [3.05, 3.63) is 84.1 Å². The van der Waals surface area contributed by atoms with E-state index in [0.717, 1.165) is 41.3 Å². The minimum Gasteiger partial charge on any atom is -0.494 e. The number of hydrogen-bond donors (Lipinski definition) is 1. The summed E-state index contributed by atoms with van der Waals surface area (Å²) in [6.45, 7) is 3.46. The number of nitrogens with zero attached hydrogens (tertiary/aromatic N) is 5. The van der Waals surface area contributed by atoms with Crippen molar-refractivity contribution < 1.29 is 9.47 Å². The van der Waals surface area contributed by atoms with Crippen LogP contribution in [0.25, 0.3) is 5.69 Å². The van der Waals surface area contributed by atoms with E-state index in [1.165, 1.54) is 0 Å². The predicted octanol–water partition coefficient (Wildman–Crippen LogP) is 4.29. The van der Waals surface area contributed by atoms with Crippen molar-refractivity contribution in [1.82, 2.24) is 24.4 Å². The van der Waals surface area contributed by atoms with Crippen molar-refractivity contribution in [3.63, 3.8) is 0 Å². The number of hydrogen-bond acceptors (Lipinski definition) is 7. The Bertz CT molecular complexity index is 1260. The van der Waals surface area contributed by atoms with E-state index < -0.39 is 0 Å². The highest BCUT2D eigenvalue weighted by atomic mass is 16.5. The van der Waals surface area contributed by atoms with Gasteiger partial charge in [0.15, 0.2) is 0 Å². The van der Waals surface area contributed by atoms with Crippen molar-refractivity contribution in [2.75, 3.05) is 26.0 Å². The molecule has 0 amide bonds. The van der Waals surface area contributed by atoms with Crippen LogP contribution in [0.3, 0.4) is 0 Å². The first-order valence-corrected chi connectivity index (χ1v) is 10.8. The number of likely N-dealkylation sites (N-methyl/N-ethyl adjacent to an activating group) is 1. The van der Waals surface area contributed by atoms with Crippen LogP contribution in [-0.2, 0) is 6.54 Å². The van der Waals surface area contributed by atoms with Crippen LogP contribution in [0.5, 0.6) is 11.6 Å². The van der Waals surface area contributed by atoms with Gasteiger partial charge in [0.05, 0.1) is 24.8 Å². The second kappa shape index (κ2) is 8.91. The Labute approximate surface area is 192 Å². The van der Waals surface area contributed by atoms with Crippen LogP contribution in [0.15, 0.2) is 67.3 Å². The van der Waals surface area contributed by atoms with Gasteiger partial charge in [-0.05, 0) is 31.7 Å². The highest BCUT2D eigenvalue weighted by molar-refractivity contribution is 5.62. The zero-order chi connectivity index (χ0) is 22.8. The van der Waals surface area contributed by atoms with E-state index in [-0.39, 0.29) is 6.10 Å². The molecule has 1 atom stereocenters. The van der Waals surface area contributed by atoms with Crippen LogP contribution in [0.4, 0.5) is 11.6 Å². The van der Waals surface area contributed by atoms with Gasteiger partial charge in [-0.15, -0.1) is 0 Å². The first kappa shape index (κ1) is 21.0. The van der Waals surface area contributed by atoms with Gasteiger partial charge in [-0.25, -0.2) is 9.97 Å². The molecule has 0 spiro atoms. The summed E-state index contributed by atoms with van der Waals surface area (Å²) in [6, 6.07) is 16.1. The Kier molecular flexibility index (Phi) is 5.66. The zero-order valence-corrected chi connectivity index (χ0v) is 18.9. The summed E-state index contributed by atoms with van der Waals surface area (Å²) in [4.78, 5) is 15.7. The van der Waals surface area contributed by atoms with Crippen molar-refractivity contribution in [2.45, 2.75) is 19.6 Å². The van der Waals surface area contributed by atoms with Gasteiger partial charge >= 0.3 is 0 Å². The van der Waals surface area contributed by atoms with Gasteiger partial charge in [-0.1, -0.05) is 30.3 Å². The van der Waals surface area contributed by atoms with Gasteiger partial charge in [-0.2, -0.15) is 4.98 Å². The number of methoxy groups -OCH3 is 1. The summed E-state index contributed by atoms with van der Waals surface area (Å²) in [5, 5.41) is 3.28. The third kappa shape index (κ3) is 4.51. The fourth-order valence-electron chi connectivity index (χ4n) is 3.96. The molecule has 2 aromatic carbocycles. The number of aromatic nitrogens is 4. The van der Waals surface area contributed by atoms with Gasteiger partial charge in [0.25, 0.3) is 0 Å². The molecule has 2 aromatic heterocycles. The standard InChI is InChI=1S/C25H26N6O2/c1-17-13-31(16-27-17)21-10-9-20(11-22(21)32-3)28-25-26-12-19-14-30(2)15-23(33-24(19)29-25)18-7-5-4-6-8-18/h4-13,16,23H,14-15H2,1-3H3,(H,26,28,29)/t23-/m0/s1. The molecule has 0 radical (unpaired) electrons. The van der Waals surface area contributed by atoms with Crippen molar-refractivity contribution >= 4 is 11.6 Å². The van der Waals surface area contributed by atoms with Crippen molar-refractivity contribution in [2.24, 2.45) is 0 Å². The van der Waals surface area contributed by atoms with Gasteiger partial charge < -0.3 is 19.4 Å². The lowest BCUT2D eigenvalue weighted by Crippen LogP contribution is -2.24. The summed E-state index contributed by atoms with van der Waals surface area (Å²) < 4.78 is 13.9. The highest BCUT2D eigenvalue weighted by Gasteiger charge is 2.24. The van der Waals surface area contributed by atoms with Gasteiger partial charge in [0.1, 0.15) is 11.9 Å². The lowest BCUT2D eigenvalue weighted by Gasteiger charge is -2.20. The number of aryl methyl sites for hydroxylation is 1. The Morgan fingerprint density at radius 2 is 1.97 bits per heavy atom. The third-order valence-electron chi connectivity index (χ3n) is 5.59. The number of nitrogens with one attached hydrogen (secondary N) is 1. The second-order valence-electron chi connectivity index (χ2n) is 8.17.